The molecule has 7 heteroatoms. The zero-order valence-corrected chi connectivity index (χ0v) is 15.0. The Bertz CT molecular complexity index is 1070. The molecule has 0 aliphatic heterocycles. The number of fused-ring (bicyclic) bond motifs is 1. The molecule has 1 heterocycles. The summed E-state index contributed by atoms with van der Waals surface area (Å²) in [7, 11) is 1.68. The summed E-state index contributed by atoms with van der Waals surface area (Å²) in [5.74, 6) is -0.0768. The average Bonchev–Trinajstić information content (AvgIpc) is 2.63. The van der Waals surface area contributed by atoms with E-state index >= 15 is 0 Å². The van der Waals surface area contributed by atoms with Crippen LogP contribution in [-0.2, 0) is 16.6 Å². The molecule has 0 aliphatic rings. The van der Waals surface area contributed by atoms with Crippen molar-refractivity contribution in [1.82, 2.24) is 4.57 Å². The van der Waals surface area contributed by atoms with Crippen LogP contribution in [0.2, 0.25) is 0 Å². The second-order valence-electron chi connectivity index (χ2n) is 6.05. The fraction of sp³-hybridized carbons (Fsp3) is 0.150. The van der Waals surface area contributed by atoms with Crippen LogP contribution in [0.25, 0.3) is 10.8 Å². The van der Waals surface area contributed by atoms with Crippen LogP contribution < -0.4 is 20.9 Å². The Morgan fingerprint density at radius 3 is 2.44 bits per heavy atom. The molecule has 1 aromatic heterocycles. The highest BCUT2D eigenvalue weighted by Crippen LogP contribution is 2.23. The van der Waals surface area contributed by atoms with Crippen molar-refractivity contribution in [3.63, 3.8) is 0 Å². The summed E-state index contributed by atoms with van der Waals surface area (Å²) in [6, 6.07) is 13.7. The summed E-state index contributed by atoms with van der Waals surface area (Å²) in [6.45, 7) is 1.20. The fourth-order valence-electron chi connectivity index (χ4n) is 2.69. The molecule has 7 nitrogen and oxygen atoms in total. The van der Waals surface area contributed by atoms with E-state index in [1.54, 1.807) is 61.8 Å². The minimum absolute atomic E-state index is 0.128. The summed E-state index contributed by atoms with van der Waals surface area (Å²) < 4.78 is 7.10. The van der Waals surface area contributed by atoms with E-state index in [0.717, 1.165) is 0 Å². The van der Waals surface area contributed by atoms with Gasteiger partial charge in [-0.3, -0.25) is 14.4 Å². The second-order valence-corrected chi connectivity index (χ2v) is 6.05. The average molecular weight is 365 g/mol. The lowest BCUT2D eigenvalue weighted by Crippen LogP contribution is -2.21. The van der Waals surface area contributed by atoms with Gasteiger partial charge in [0.15, 0.2) is 6.61 Å². The third-order valence-corrected chi connectivity index (χ3v) is 3.91. The highest BCUT2D eigenvalue weighted by atomic mass is 16.5. The van der Waals surface area contributed by atoms with Gasteiger partial charge in [0.2, 0.25) is 5.91 Å². The van der Waals surface area contributed by atoms with Crippen molar-refractivity contribution in [1.29, 1.82) is 0 Å². The zero-order valence-electron chi connectivity index (χ0n) is 15.0. The fourth-order valence-corrected chi connectivity index (χ4v) is 2.69. The quantitative estimate of drug-likeness (QED) is 0.727. The van der Waals surface area contributed by atoms with Crippen LogP contribution in [0.3, 0.4) is 0 Å². The molecule has 2 amide bonds. The molecular weight excluding hydrogens is 346 g/mol. The normalized spacial score (nSPS) is 10.4. The van der Waals surface area contributed by atoms with E-state index < -0.39 is 0 Å². The van der Waals surface area contributed by atoms with Crippen molar-refractivity contribution in [3.05, 3.63) is 65.1 Å². The maximum Gasteiger partial charge on any atom is 0.262 e. The van der Waals surface area contributed by atoms with Crippen LogP contribution in [0.4, 0.5) is 11.4 Å². The van der Waals surface area contributed by atoms with Gasteiger partial charge in [0, 0.05) is 36.9 Å². The first-order valence-electron chi connectivity index (χ1n) is 8.33. The van der Waals surface area contributed by atoms with Gasteiger partial charge >= 0.3 is 0 Å². The Morgan fingerprint density at radius 1 is 1.00 bits per heavy atom. The van der Waals surface area contributed by atoms with Crippen molar-refractivity contribution in [3.8, 4) is 5.75 Å². The number of nitrogens with zero attached hydrogens (tertiary/aromatic N) is 1. The molecule has 3 rings (SSSR count). The predicted octanol–water partition coefficient (Wildman–Crippen LogP) is 2.51. The monoisotopic (exact) mass is 365 g/mol. The Balaban J connectivity index is 1.70. The summed E-state index contributed by atoms with van der Waals surface area (Å²) in [6.07, 6.45) is 1.66. The number of nitrogens with one attached hydrogen (secondary N) is 2. The maximum absolute atomic E-state index is 12.2. The topological polar surface area (TPSA) is 89.4 Å². The highest BCUT2D eigenvalue weighted by molar-refractivity contribution is 5.94. The third-order valence-electron chi connectivity index (χ3n) is 3.91. The predicted molar refractivity (Wildman–Crippen MR) is 104 cm³/mol. The molecule has 0 bridgehead atoms. The van der Waals surface area contributed by atoms with Gasteiger partial charge in [-0.05, 0) is 36.4 Å². The maximum atomic E-state index is 12.2. The van der Waals surface area contributed by atoms with E-state index in [2.05, 4.69) is 10.6 Å². The van der Waals surface area contributed by atoms with E-state index in [9.17, 15) is 14.4 Å². The molecule has 138 valence electrons. The Kier molecular flexibility index (Phi) is 5.21. The second kappa shape index (κ2) is 7.74. The molecule has 0 saturated carbocycles. The van der Waals surface area contributed by atoms with Crippen LogP contribution in [0.5, 0.6) is 5.75 Å². The smallest absolute Gasteiger partial charge is 0.262 e. The zero-order chi connectivity index (χ0) is 19.4. The first-order valence-corrected chi connectivity index (χ1v) is 8.33. The molecule has 3 aromatic rings. The molecule has 0 spiro atoms. The van der Waals surface area contributed by atoms with Gasteiger partial charge in [-0.1, -0.05) is 12.1 Å². The Morgan fingerprint density at radius 2 is 1.70 bits per heavy atom. The number of carbonyl (C=O) groups excluding carboxylic acids is 2. The van der Waals surface area contributed by atoms with E-state index in [4.69, 9.17) is 4.74 Å². The molecule has 27 heavy (non-hydrogen) atoms. The number of pyridine rings is 1. The number of ether oxygens (including phenoxy) is 1. The van der Waals surface area contributed by atoms with Crippen molar-refractivity contribution < 1.29 is 14.3 Å². The van der Waals surface area contributed by atoms with Gasteiger partial charge in [0.25, 0.3) is 11.5 Å². The lowest BCUT2D eigenvalue weighted by atomic mass is 10.1. The number of hydrogen-bond donors (Lipinski definition) is 2. The molecule has 0 saturated heterocycles. The minimum Gasteiger partial charge on any atom is -0.483 e. The molecule has 0 radical (unpaired) electrons. The summed E-state index contributed by atoms with van der Waals surface area (Å²) >= 11 is 0. The number of benzene rings is 2. The number of amides is 2. The van der Waals surface area contributed by atoms with E-state index in [1.807, 2.05) is 0 Å². The van der Waals surface area contributed by atoms with Crippen molar-refractivity contribution in [2.75, 3.05) is 17.2 Å². The molecule has 0 unspecified atom stereocenters. The molecule has 0 atom stereocenters. The van der Waals surface area contributed by atoms with Crippen LogP contribution in [0, 0.1) is 0 Å². The van der Waals surface area contributed by atoms with Crippen LogP contribution in [0.1, 0.15) is 6.92 Å². The Labute approximate surface area is 155 Å². The van der Waals surface area contributed by atoms with Crippen molar-refractivity contribution >= 4 is 34.0 Å². The first kappa shape index (κ1) is 18.2. The molecular formula is C20H19N3O4. The van der Waals surface area contributed by atoms with Gasteiger partial charge in [0.1, 0.15) is 5.75 Å². The van der Waals surface area contributed by atoms with Crippen LogP contribution in [-0.4, -0.2) is 23.0 Å². The standard InChI is InChI=1S/C20H19N3O4/c1-13(24)21-14-5-3-6-15(11-14)22-19(25)12-27-18-8-4-7-17-16(18)9-10-23(2)20(17)26/h3-11H,12H2,1-2H3,(H,21,24)(H,22,25). The summed E-state index contributed by atoms with van der Waals surface area (Å²) in [4.78, 5) is 35.5. The molecule has 2 aromatic carbocycles. The van der Waals surface area contributed by atoms with Gasteiger partial charge < -0.3 is 19.9 Å². The number of carbonyl (C=O) groups is 2. The van der Waals surface area contributed by atoms with Gasteiger partial charge in [-0.2, -0.15) is 0 Å². The lowest BCUT2D eigenvalue weighted by molar-refractivity contribution is -0.118. The van der Waals surface area contributed by atoms with Crippen LogP contribution in [0.15, 0.2) is 59.5 Å². The Hall–Kier alpha value is -3.61. The van der Waals surface area contributed by atoms with Gasteiger partial charge in [-0.15, -0.1) is 0 Å². The largest absolute Gasteiger partial charge is 0.483 e. The molecule has 0 aliphatic carbocycles. The summed E-state index contributed by atoms with van der Waals surface area (Å²) in [5.41, 5.74) is 1.00. The number of aryl methyl sites for hydroxylation is 1. The third kappa shape index (κ3) is 4.33. The van der Waals surface area contributed by atoms with Gasteiger partial charge in [0.05, 0.1) is 5.39 Å². The van der Waals surface area contributed by atoms with E-state index in [1.165, 1.54) is 11.5 Å². The minimum atomic E-state index is -0.351. The lowest BCUT2D eigenvalue weighted by Gasteiger charge is -2.11. The number of aromatic nitrogens is 1. The van der Waals surface area contributed by atoms with Crippen molar-refractivity contribution in [2.45, 2.75) is 6.92 Å². The number of anilines is 2. The highest BCUT2D eigenvalue weighted by Gasteiger charge is 2.09. The molecule has 0 fully saturated rings. The van der Waals surface area contributed by atoms with Crippen molar-refractivity contribution in [2.24, 2.45) is 7.05 Å². The SMILES string of the molecule is CC(=O)Nc1cccc(NC(=O)COc2cccc3c(=O)n(C)ccc23)c1. The van der Waals surface area contributed by atoms with E-state index in [-0.39, 0.29) is 24.0 Å². The van der Waals surface area contributed by atoms with Gasteiger partial charge in [-0.25, -0.2) is 0 Å². The summed E-state index contributed by atoms with van der Waals surface area (Å²) in [5, 5.41) is 6.55. The van der Waals surface area contributed by atoms with E-state index in [0.29, 0.717) is 27.9 Å². The number of hydrogen-bond acceptors (Lipinski definition) is 4. The van der Waals surface area contributed by atoms with Crippen LogP contribution >= 0.6 is 0 Å². The first-order chi connectivity index (χ1) is 12.9. The number of rotatable bonds is 5. The molecule has 2 N–H and O–H groups in total.